The number of carbonyl (C=O) groups is 1. The maximum absolute atomic E-state index is 11.0. The molecule has 80 valence electrons. The van der Waals surface area contributed by atoms with Crippen LogP contribution in [0.25, 0.3) is 0 Å². The van der Waals surface area contributed by atoms with E-state index in [-0.39, 0.29) is 18.1 Å². The molecule has 0 saturated carbocycles. The van der Waals surface area contributed by atoms with Crippen molar-refractivity contribution in [2.75, 3.05) is 24.6 Å². The predicted octanol–water partition coefficient (Wildman–Crippen LogP) is -1.61. The minimum absolute atomic E-state index is 0.121. The van der Waals surface area contributed by atoms with E-state index in [1.807, 2.05) is 0 Å². The molecule has 0 rings (SSSR count). The van der Waals surface area contributed by atoms with Gasteiger partial charge in [0, 0.05) is 19.5 Å². The van der Waals surface area contributed by atoms with Crippen molar-refractivity contribution in [2.24, 2.45) is 5.73 Å². The lowest BCUT2D eigenvalue weighted by atomic mass is 10.4. The monoisotopic (exact) mass is 219 g/mol. The van der Waals surface area contributed by atoms with Crippen LogP contribution in [0.5, 0.6) is 0 Å². The SMILES string of the molecule is N#CCS(=O)(=O)CCC(=O)NCCN. The van der Waals surface area contributed by atoms with Gasteiger partial charge in [-0.1, -0.05) is 0 Å². The van der Waals surface area contributed by atoms with Crippen LogP contribution in [0.1, 0.15) is 6.42 Å². The number of carbonyl (C=O) groups excluding carboxylic acids is 1. The predicted molar refractivity (Wildman–Crippen MR) is 50.9 cm³/mol. The van der Waals surface area contributed by atoms with E-state index in [4.69, 9.17) is 11.0 Å². The molecular formula is C7H13N3O3S. The van der Waals surface area contributed by atoms with Crippen LogP contribution in [0.2, 0.25) is 0 Å². The Morgan fingerprint density at radius 1 is 1.50 bits per heavy atom. The van der Waals surface area contributed by atoms with Crippen molar-refractivity contribution in [3.05, 3.63) is 0 Å². The van der Waals surface area contributed by atoms with E-state index in [0.29, 0.717) is 13.1 Å². The van der Waals surface area contributed by atoms with E-state index in [0.717, 1.165) is 0 Å². The van der Waals surface area contributed by atoms with Gasteiger partial charge in [0.25, 0.3) is 0 Å². The molecule has 0 aliphatic rings. The summed E-state index contributed by atoms with van der Waals surface area (Å²) in [5.41, 5.74) is 5.13. The molecule has 0 spiro atoms. The molecule has 0 fully saturated rings. The first-order valence-electron chi connectivity index (χ1n) is 4.06. The molecule has 0 heterocycles. The molecule has 0 aromatic rings. The Labute approximate surface area is 83.0 Å². The number of nitrogens with zero attached hydrogens (tertiary/aromatic N) is 1. The number of sulfone groups is 1. The van der Waals surface area contributed by atoms with E-state index in [2.05, 4.69) is 5.32 Å². The molecule has 0 radical (unpaired) electrons. The molecule has 0 aliphatic heterocycles. The van der Waals surface area contributed by atoms with Gasteiger partial charge < -0.3 is 11.1 Å². The third kappa shape index (κ3) is 6.39. The minimum atomic E-state index is -3.40. The molecule has 0 atom stereocenters. The average Bonchev–Trinajstić information content (AvgIpc) is 2.11. The van der Waals surface area contributed by atoms with Crippen LogP contribution in [0.3, 0.4) is 0 Å². The number of rotatable bonds is 6. The van der Waals surface area contributed by atoms with Crippen LogP contribution in [-0.4, -0.2) is 38.9 Å². The van der Waals surface area contributed by atoms with Crippen LogP contribution in [0, 0.1) is 11.3 Å². The number of amides is 1. The fourth-order valence-electron chi connectivity index (χ4n) is 0.719. The van der Waals surface area contributed by atoms with Crippen LogP contribution in [0.4, 0.5) is 0 Å². The Morgan fingerprint density at radius 3 is 2.64 bits per heavy atom. The van der Waals surface area contributed by atoms with Gasteiger partial charge in [0.2, 0.25) is 5.91 Å². The van der Waals surface area contributed by atoms with E-state index in [1.54, 1.807) is 0 Å². The highest BCUT2D eigenvalue weighted by Gasteiger charge is 2.12. The van der Waals surface area contributed by atoms with Gasteiger partial charge in [0.05, 0.1) is 11.8 Å². The summed E-state index contributed by atoms with van der Waals surface area (Å²) < 4.78 is 22.0. The second-order valence-corrected chi connectivity index (χ2v) is 4.82. The standard InChI is InChI=1S/C7H13N3O3S/c8-2-4-10-7(11)1-5-14(12,13)6-3-9/h1-2,4-6,8H2,(H,10,11). The fourth-order valence-corrected chi connectivity index (χ4v) is 1.56. The second-order valence-electron chi connectivity index (χ2n) is 2.64. The Hall–Kier alpha value is -1.13. The number of nitrogens with one attached hydrogen (secondary N) is 1. The van der Waals surface area contributed by atoms with Crippen molar-refractivity contribution in [1.82, 2.24) is 5.32 Å². The smallest absolute Gasteiger partial charge is 0.221 e. The van der Waals surface area contributed by atoms with Crippen molar-refractivity contribution < 1.29 is 13.2 Å². The number of nitrogens with two attached hydrogens (primary N) is 1. The lowest BCUT2D eigenvalue weighted by Gasteiger charge is -2.02. The summed E-state index contributed by atoms with van der Waals surface area (Å²) >= 11 is 0. The van der Waals surface area contributed by atoms with Crippen LogP contribution >= 0.6 is 0 Å². The van der Waals surface area contributed by atoms with E-state index in [9.17, 15) is 13.2 Å². The normalized spacial score (nSPS) is 10.6. The average molecular weight is 219 g/mol. The zero-order valence-electron chi connectivity index (χ0n) is 7.69. The summed E-state index contributed by atoms with van der Waals surface area (Å²) in [5.74, 6) is -1.20. The van der Waals surface area contributed by atoms with Crippen molar-refractivity contribution in [1.29, 1.82) is 5.26 Å². The summed E-state index contributed by atoms with van der Waals surface area (Å²) in [6.07, 6.45) is -0.121. The van der Waals surface area contributed by atoms with Gasteiger partial charge in [-0.25, -0.2) is 8.42 Å². The molecule has 0 saturated heterocycles. The van der Waals surface area contributed by atoms with Gasteiger partial charge in [-0.05, 0) is 0 Å². The molecule has 0 aromatic carbocycles. The minimum Gasteiger partial charge on any atom is -0.355 e. The maximum atomic E-state index is 11.0. The summed E-state index contributed by atoms with van der Waals surface area (Å²) in [7, 11) is -3.40. The molecule has 0 aromatic heterocycles. The summed E-state index contributed by atoms with van der Waals surface area (Å²) in [5, 5.41) is 10.6. The van der Waals surface area contributed by atoms with Gasteiger partial charge >= 0.3 is 0 Å². The molecule has 1 amide bonds. The number of nitriles is 1. The Morgan fingerprint density at radius 2 is 2.14 bits per heavy atom. The summed E-state index contributed by atoms with van der Waals surface area (Å²) in [6.45, 7) is 0.647. The first-order valence-corrected chi connectivity index (χ1v) is 5.88. The Kier molecular flexibility index (Phi) is 5.83. The van der Waals surface area contributed by atoms with E-state index < -0.39 is 15.6 Å². The zero-order valence-corrected chi connectivity index (χ0v) is 8.51. The lowest BCUT2D eigenvalue weighted by molar-refractivity contribution is -0.120. The van der Waals surface area contributed by atoms with Crippen molar-refractivity contribution >= 4 is 15.7 Å². The number of hydrogen-bond donors (Lipinski definition) is 2. The topological polar surface area (TPSA) is 113 Å². The maximum Gasteiger partial charge on any atom is 0.221 e. The summed E-state index contributed by atoms with van der Waals surface area (Å²) in [6, 6.07) is 1.54. The van der Waals surface area contributed by atoms with Gasteiger partial charge in [0.1, 0.15) is 5.75 Å². The molecule has 7 heteroatoms. The third-order valence-corrected chi connectivity index (χ3v) is 2.79. The molecular weight excluding hydrogens is 206 g/mol. The van der Waals surface area contributed by atoms with Crippen molar-refractivity contribution in [2.45, 2.75) is 6.42 Å². The summed E-state index contributed by atoms with van der Waals surface area (Å²) in [4.78, 5) is 10.9. The molecule has 3 N–H and O–H groups in total. The van der Waals surface area contributed by atoms with Gasteiger partial charge in [-0.2, -0.15) is 5.26 Å². The number of hydrogen-bond acceptors (Lipinski definition) is 5. The Balaban J connectivity index is 3.83. The zero-order chi connectivity index (χ0) is 11.0. The van der Waals surface area contributed by atoms with Crippen molar-refractivity contribution in [3.8, 4) is 6.07 Å². The molecule has 0 unspecified atom stereocenters. The lowest BCUT2D eigenvalue weighted by Crippen LogP contribution is -2.30. The molecule has 0 aliphatic carbocycles. The highest BCUT2D eigenvalue weighted by atomic mass is 32.2. The molecule has 6 nitrogen and oxygen atoms in total. The van der Waals surface area contributed by atoms with Gasteiger partial charge in [0.15, 0.2) is 9.84 Å². The van der Waals surface area contributed by atoms with Crippen LogP contribution < -0.4 is 11.1 Å². The Bertz CT molecular complexity index is 318. The first kappa shape index (κ1) is 12.9. The van der Waals surface area contributed by atoms with Crippen LogP contribution in [-0.2, 0) is 14.6 Å². The third-order valence-electron chi connectivity index (χ3n) is 1.39. The largest absolute Gasteiger partial charge is 0.355 e. The van der Waals surface area contributed by atoms with Gasteiger partial charge in [-0.15, -0.1) is 0 Å². The van der Waals surface area contributed by atoms with E-state index >= 15 is 0 Å². The van der Waals surface area contributed by atoms with E-state index in [1.165, 1.54) is 6.07 Å². The highest BCUT2D eigenvalue weighted by Crippen LogP contribution is 1.93. The first-order chi connectivity index (χ1) is 6.52. The fraction of sp³-hybridized carbons (Fsp3) is 0.714. The van der Waals surface area contributed by atoms with Gasteiger partial charge in [-0.3, -0.25) is 4.79 Å². The quantitative estimate of drug-likeness (QED) is 0.558. The molecule has 0 bridgehead atoms. The highest BCUT2D eigenvalue weighted by molar-refractivity contribution is 7.91. The molecule has 14 heavy (non-hydrogen) atoms. The van der Waals surface area contributed by atoms with Crippen molar-refractivity contribution in [3.63, 3.8) is 0 Å². The second kappa shape index (κ2) is 6.34. The van der Waals surface area contributed by atoms with Crippen LogP contribution in [0.15, 0.2) is 0 Å².